The zero-order valence-corrected chi connectivity index (χ0v) is 13.8. The van der Waals surface area contributed by atoms with Crippen molar-refractivity contribution in [1.29, 1.82) is 5.41 Å². The highest BCUT2D eigenvalue weighted by Gasteiger charge is 2.35. The fourth-order valence-electron chi connectivity index (χ4n) is 2.59. The monoisotopic (exact) mass is 342 g/mol. The molecule has 0 saturated carbocycles. The average molecular weight is 342 g/mol. The molecule has 0 heterocycles. The molecule has 0 radical (unpaired) electrons. The number of ketones is 2. The van der Waals surface area contributed by atoms with Crippen LogP contribution in [0.5, 0.6) is 11.5 Å². The molecule has 3 rings (SSSR count). The van der Waals surface area contributed by atoms with Crippen molar-refractivity contribution in [3.63, 3.8) is 0 Å². The molecular formula is C18H18N2O5. The minimum Gasteiger partial charge on any atom is -0.507 e. The van der Waals surface area contributed by atoms with Crippen molar-refractivity contribution in [2.75, 3.05) is 26.1 Å². The first-order chi connectivity index (χ1) is 12.0. The van der Waals surface area contributed by atoms with E-state index in [2.05, 4.69) is 10.1 Å². The van der Waals surface area contributed by atoms with E-state index in [4.69, 9.17) is 5.41 Å². The number of phenolic OH excluding ortho intramolecular Hbond substituents is 2. The van der Waals surface area contributed by atoms with Gasteiger partial charge in [-0.2, -0.15) is 0 Å². The van der Waals surface area contributed by atoms with Gasteiger partial charge in [-0.15, -0.1) is 0 Å². The van der Waals surface area contributed by atoms with Crippen LogP contribution in [0.15, 0.2) is 30.3 Å². The van der Waals surface area contributed by atoms with Crippen LogP contribution in [0.2, 0.25) is 0 Å². The molecule has 25 heavy (non-hydrogen) atoms. The lowest BCUT2D eigenvalue weighted by atomic mass is 9.82. The van der Waals surface area contributed by atoms with E-state index in [0.29, 0.717) is 5.69 Å². The molecule has 1 aliphatic rings. The molecule has 0 atom stereocenters. The Morgan fingerprint density at radius 1 is 1.00 bits per heavy atom. The molecule has 0 spiro atoms. The lowest BCUT2D eigenvalue weighted by Crippen LogP contribution is -2.23. The fourth-order valence-corrected chi connectivity index (χ4v) is 2.59. The molecule has 0 amide bonds. The third-order valence-electron chi connectivity index (χ3n) is 3.55. The van der Waals surface area contributed by atoms with E-state index in [1.54, 1.807) is 14.2 Å². The number of methoxy groups -OCH3 is 1. The number of carbonyl (C=O) groups is 2. The summed E-state index contributed by atoms with van der Waals surface area (Å²) < 4.78 is 4.25. The fraction of sp³-hybridized carbons (Fsp3) is 0.167. The molecule has 130 valence electrons. The molecule has 7 nitrogen and oxygen atoms in total. The van der Waals surface area contributed by atoms with Crippen molar-refractivity contribution in [3.8, 4) is 11.5 Å². The molecule has 4 N–H and O–H groups in total. The maximum atomic E-state index is 12.7. The summed E-state index contributed by atoms with van der Waals surface area (Å²) in [6, 6.07) is 7.04. The molecule has 0 aliphatic heterocycles. The Bertz CT molecular complexity index is 846. The van der Waals surface area contributed by atoms with Crippen LogP contribution in [0, 0.1) is 5.41 Å². The van der Waals surface area contributed by atoms with Crippen LogP contribution in [0.4, 0.5) is 5.69 Å². The summed E-state index contributed by atoms with van der Waals surface area (Å²) in [4.78, 5) is 25.2. The van der Waals surface area contributed by atoms with Crippen molar-refractivity contribution in [2.45, 2.75) is 0 Å². The van der Waals surface area contributed by atoms with Crippen LogP contribution < -0.4 is 5.32 Å². The number of carbonyl (C=O) groups excluding carboxylic acids is 2. The number of hydrogen-bond donors (Lipinski definition) is 4. The van der Waals surface area contributed by atoms with E-state index >= 15 is 0 Å². The second-order valence-corrected chi connectivity index (χ2v) is 5.23. The van der Waals surface area contributed by atoms with Crippen LogP contribution in [0.25, 0.3) is 0 Å². The van der Waals surface area contributed by atoms with Crippen molar-refractivity contribution in [1.82, 2.24) is 0 Å². The molecule has 7 heteroatoms. The van der Waals surface area contributed by atoms with E-state index in [0.717, 1.165) is 6.21 Å². The molecule has 0 fully saturated rings. The summed E-state index contributed by atoms with van der Waals surface area (Å²) in [6.45, 7) is 0.173. The van der Waals surface area contributed by atoms with Crippen LogP contribution in [0.1, 0.15) is 31.8 Å². The number of anilines is 1. The van der Waals surface area contributed by atoms with Gasteiger partial charge in [-0.25, -0.2) is 0 Å². The quantitative estimate of drug-likeness (QED) is 0.428. The molecule has 0 aromatic heterocycles. The number of rotatable bonds is 3. The molecule has 0 unspecified atom stereocenters. The Labute approximate surface area is 144 Å². The Morgan fingerprint density at radius 2 is 1.64 bits per heavy atom. The second-order valence-electron chi connectivity index (χ2n) is 5.23. The summed E-state index contributed by atoms with van der Waals surface area (Å²) in [7, 11) is 3.25. The molecule has 1 aliphatic carbocycles. The van der Waals surface area contributed by atoms with Gasteiger partial charge in [0.05, 0.1) is 16.7 Å². The molecule has 0 bridgehead atoms. The average Bonchev–Trinajstić information content (AvgIpc) is 2.59. The summed E-state index contributed by atoms with van der Waals surface area (Å²) >= 11 is 0. The van der Waals surface area contributed by atoms with Crippen molar-refractivity contribution < 1.29 is 24.5 Å². The smallest absolute Gasteiger partial charge is 0.200 e. The van der Waals surface area contributed by atoms with Gasteiger partial charge >= 0.3 is 0 Å². The SMILES string of the molecule is COC.N=CCNc1ccc(O)c2c1C(=O)c1c(O)cccc1C2=O. The number of fused-ring (bicyclic) bond motifs is 2. The molecule has 2 aromatic carbocycles. The van der Waals surface area contributed by atoms with E-state index in [-0.39, 0.29) is 40.3 Å². The predicted octanol–water partition coefficient (Wildman–Crippen LogP) is 2.20. The standard InChI is InChI=1S/C16H12N2O4.C2H6O/c17-6-7-18-9-4-5-11(20)14-13(9)16(22)12-8(15(14)21)2-1-3-10(12)19;1-3-2/h1-6,17-20H,7H2;1-2H3. The maximum Gasteiger partial charge on any atom is 0.200 e. The van der Waals surface area contributed by atoms with Crippen molar-refractivity contribution in [3.05, 3.63) is 52.6 Å². The number of nitrogens with one attached hydrogen (secondary N) is 2. The summed E-state index contributed by atoms with van der Waals surface area (Å²) in [5.74, 6) is -1.62. The first-order valence-corrected chi connectivity index (χ1v) is 7.38. The van der Waals surface area contributed by atoms with Gasteiger partial charge in [-0.3, -0.25) is 9.59 Å². The molecule has 2 aromatic rings. The van der Waals surface area contributed by atoms with Crippen LogP contribution >= 0.6 is 0 Å². The number of aromatic hydroxyl groups is 2. The van der Waals surface area contributed by atoms with Gasteiger partial charge < -0.3 is 25.7 Å². The van der Waals surface area contributed by atoms with Crippen molar-refractivity contribution >= 4 is 23.5 Å². The maximum absolute atomic E-state index is 12.7. The molecule has 0 saturated heterocycles. The number of hydrogen-bond acceptors (Lipinski definition) is 7. The first kappa shape index (κ1) is 18.2. The Kier molecular flexibility index (Phi) is 5.51. The largest absolute Gasteiger partial charge is 0.507 e. The van der Waals surface area contributed by atoms with Crippen LogP contribution in [-0.2, 0) is 4.74 Å². The number of ether oxygens (including phenoxy) is 1. The van der Waals surface area contributed by atoms with Gasteiger partial charge in [0.15, 0.2) is 11.6 Å². The highest BCUT2D eigenvalue weighted by Crippen LogP contribution is 2.39. The first-order valence-electron chi connectivity index (χ1n) is 7.38. The van der Waals surface area contributed by atoms with Crippen LogP contribution in [-0.4, -0.2) is 48.8 Å². The number of benzene rings is 2. The Balaban J connectivity index is 0.000000701. The predicted molar refractivity (Wildman–Crippen MR) is 93.3 cm³/mol. The minimum absolute atomic E-state index is 0.0147. The Hall–Kier alpha value is -3.19. The van der Waals surface area contributed by atoms with Gasteiger partial charge in [0.1, 0.15) is 11.5 Å². The van der Waals surface area contributed by atoms with E-state index in [9.17, 15) is 19.8 Å². The Morgan fingerprint density at radius 3 is 2.28 bits per heavy atom. The van der Waals surface area contributed by atoms with E-state index < -0.39 is 11.6 Å². The van der Waals surface area contributed by atoms with Crippen molar-refractivity contribution in [2.24, 2.45) is 0 Å². The lowest BCUT2D eigenvalue weighted by molar-refractivity contribution is 0.0975. The zero-order chi connectivity index (χ0) is 18.6. The summed E-state index contributed by atoms with van der Waals surface area (Å²) in [6.07, 6.45) is 1.11. The van der Waals surface area contributed by atoms with Gasteiger partial charge in [0, 0.05) is 38.2 Å². The van der Waals surface area contributed by atoms with Gasteiger partial charge in [-0.1, -0.05) is 12.1 Å². The highest BCUT2D eigenvalue weighted by molar-refractivity contribution is 6.31. The zero-order valence-electron chi connectivity index (χ0n) is 13.8. The van der Waals surface area contributed by atoms with E-state index in [1.165, 1.54) is 30.3 Å². The summed E-state index contributed by atoms with van der Waals surface area (Å²) in [5, 5.41) is 29.8. The van der Waals surface area contributed by atoms with Crippen LogP contribution in [0.3, 0.4) is 0 Å². The lowest BCUT2D eigenvalue weighted by Gasteiger charge is -2.21. The second kappa shape index (κ2) is 7.59. The van der Waals surface area contributed by atoms with Gasteiger partial charge in [-0.05, 0) is 18.2 Å². The minimum atomic E-state index is -0.536. The number of phenols is 2. The normalized spacial score (nSPS) is 11.8. The van der Waals surface area contributed by atoms with Gasteiger partial charge in [0.2, 0.25) is 0 Å². The van der Waals surface area contributed by atoms with E-state index in [1.807, 2.05) is 0 Å². The summed E-state index contributed by atoms with van der Waals surface area (Å²) in [5.41, 5.74) is 0.267. The highest BCUT2D eigenvalue weighted by atomic mass is 16.4. The molecular weight excluding hydrogens is 324 g/mol. The third-order valence-corrected chi connectivity index (χ3v) is 3.55. The topological polar surface area (TPSA) is 120 Å². The van der Waals surface area contributed by atoms with Gasteiger partial charge in [0.25, 0.3) is 0 Å². The third kappa shape index (κ3) is 3.22.